The number of fused-ring (bicyclic) bond motifs is 1. The van der Waals surface area contributed by atoms with Crippen molar-refractivity contribution in [2.75, 3.05) is 18.4 Å². The monoisotopic (exact) mass is 355 g/mol. The Morgan fingerprint density at radius 1 is 1.31 bits per heavy atom. The summed E-state index contributed by atoms with van der Waals surface area (Å²) in [6, 6.07) is 5.81. The minimum absolute atomic E-state index is 0.0363. The van der Waals surface area contributed by atoms with Crippen LogP contribution in [0.15, 0.2) is 30.9 Å². The van der Waals surface area contributed by atoms with Crippen LogP contribution in [0, 0.1) is 5.92 Å². The molecule has 0 radical (unpaired) electrons. The number of rotatable bonds is 4. The summed E-state index contributed by atoms with van der Waals surface area (Å²) in [6.45, 7) is 6.66. The molecule has 1 aromatic carbocycles. The lowest BCUT2D eigenvalue weighted by molar-refractivity contribution is -0.132. The first-order chi connectivity index (χ1) is 12.5. The zero-order chi connectivity index (χ0) is 18.7. The maximum absolute atomic E-state index is 12.6. The zero-order valence-corrected chi connectivity index (χ0v) is 15.1. The molecule has 1 aromatic rings. The number of aryl methyl sites for hydroxylation is 1. The summed E-state index contributed by atoms with van der Waals surface area (Å²) in [7, 11) is 0. The molecular formula is C20H25N3O3. The Hall–Kier alpha value is -2.63. The molecule has 0 aromatic heterocycles. The fraction of sp³-hybridized carbons (Fsp3) is 0.450. The number of nitrogens with one attached hydrogen (secondary N) is 2. The highest BCUT2D eigenvalue weighted by atomic mass is 16.2. The third-order valence-corrected chi connectivity index (χ3v) is 5.24. The molecule has 1 saturated heterocycles. The van der Waals surface area contributed by atoms with Gasteiger partial charge in [0.1, 0.15) is 0 Å². The molecular weight excluding hydrogens is 330 g/mol. The first-order valence-electron chi connectivity index (χ1n) is 9.12. The molecule has 2 heterocycles. The van der Waals surface area contributed by atoms with E-state index in [4.69, 9.17) is 0 Å². The number of carbonyl (C=O) groups excluding carboxylic acids is 3. The summed E-state index contributed by atoms with van der Waals surface area (Å²) < 4.78 is 0. The summed E-state index contributed by atoms with van der Waals surface area (Å²) in [5, 5.41) is 5.96. The summed E-state index contributed by atoms with van der Waals surface area (Å²) in [5.41, 5.74) is 3.01. The molecule has 0 aliphatic carbocycles. The van der Waals surface area contributed by atoms with Gasteiger partial charge in [0.2, 0.25) is 17.7 Å². The minimum atomic E-state index is -0.0988. The minimum Gasteiger partial charge on any atom is -0.349 e. The smallest absolute Gasteiger partial charge is 0.245 e. The highest BCUT2D eigenvalue weighted by molar-refractivity contribution is 5.94. The summed E-state index contributed by atoms with van der Waals surface area (Å²) in [4.78, 5) is 37.4. The molecule has 2 aliphatic heterocycles. The van der Waals surface area contributed by atoms with E-state index in [0.717, 1.165) is 23.2 Å². The van der Waals surface area contributed by atoms with Crippen LogP contribution in [0.3, 0.4) is 0 Å². The van der Waals surface area contributed by atoms with E-state index in [1.165, 1.54) is 6.08 Å². The first-order valence-corrected chi connectivity index (χ1v) is 9.12. The fourth-order valence-corrected chi connectivity index (χ4v) is 3.58. The van der Waals surface area contributed by atoms with Crippen molar-refractivity contribution in [2.24, 2.45) is 5.92 Å². The lowest BCUT2D eigenvalue weighted by atomic mass is 9.94. The van der Waals surface area contributed by atoms with Crippen LogP contribution < -0.4 is 10.6 Å². The van der Waals surface area contributed by atoms with E-state index in [1.807, 2.05) is 19.1 Å². The lowest BCUT2D eigenvalue weighted by Crippen LogP contribution is -2.43. The third-order valence-electron chi connectivity index (χ3n) is 5.24. The van der Waals surface area contributed by atoms with Crippen molar-refractivity contribution < 1.29 is 14.4 Å². The van der Waals surface area contributed by atoms with Gasteiger partial charge in [0.05, 0.1) is 6.04 Å². The Kier molecular flexibility index (Phi) is 5.40. The number of carbonyl (C=O) groups is 3. The Morgan fingerprint density at radius 3 is 2.73 bits per heavy atom. The van der Waals surface area contributed by atoms with E-state index in [9.17, 15) is 14.4 Å². The van der Waals surface area contributed by atoms with Crippen molar-refractivity contribution in [3.8, 4) is 0 Å². The highest BCUT2D eigenvalue weighted by Crippen LogP contribution is 2.26. The molecule has 26 heavy (non-hydrogen) atoms. The van der Waals surface area contributed by atoms with E-state index < -0.39 is 0 Å². The summed E-state index contributed by atoms with van der Waals surface area (Å²) in [5.74, 6) is -0.0521. The van der Waals surface area contributed by atoms with Crippen molar-refractivity contribution in [1.82, 2.24) is 10.2 Å². The van der Waals surface area contributed by atoms with Gasteiger partial charge in [0.15, 0.2) is 0 Å². The van der Waals surface area contributed by atoms with Crippen LogP contribution in [0.2, 0.25) is 0 Å². The molecule has 0 bridgehead atoms. The van der Waals surface area contributed by atoms with E-state index in [1.54, 1.807) is 4.90 Å². The predicted octanol–water partition coefficient (Wildman–Crippen LogP) is 2.17. The van der Waals surface area contributed by atoms with E-state index in [0.29, 0.717) is 32.4 Å². The van der Waals surface area contributed by atoms with Gasteiger partial charge in [-0.05, 0) is 49.5 Å². The number of likely N-dealkylation sites (tertiary alicyclic amines) is 1. The highest BCUT2D eigenvalue weighted by Gasteiger charge is 2.27. The SMILES string of the molecule is C=CC(=O)N1CCC(C(=O)NC(C)c2ccc3c(c2)CCC(=O)N3)CC1. The molecule has 3 amide bonds. The lowest BCUT2D eigenvalue weighted by Gasteiger charge is -2.31. The quantitative estimate of drug-likeness (QED) is 0.813. The van der Waals surface area contributed by atoms with Gasteiger partial charge in [-0.15, -0.1) is 0 Å². The molecule has 2 N–H and O–H groups in total. The normalized spacial score (nSPS) is 18.5. The summed E-state index contributed by atoms with van der Waals surface area (Å²) in [6.07, 6.45) is 3.90. The molecule has 1 atom stereocenters. The van der Waals surface area contributed by atoms with Gasteiger partial charge in [-0.3, -0.25) is 14.4 Å². The van der Waals surface area contributed by atoms with E-state index in [2.05, 4.69) is 23.3 Å². The number of hydrogen-bond acceptors (Lipinski definition) is 3. The molecule has 2 aliphatic rings. The molecule has 6 heteroatoms. The Morgan fingerprint density at radius 2 is 2.04 bits per heavy atom. The maximum atomic E-state index is 12.6. The second-order valence-corrected chi connectivity index (χ2v) is 7.00. The molecule has 138 valence electrons. The van der Waals surface area contributed by atoms with Crippen LogP contribution in [-0.4, -0.2) is 35.7 Å². The standard InChI is InChI=1S/C20H25N3O3/c1-3-19(25)23-10-8-14(9-11-23)20(26)21-13(2)15-4-6-17-16(12-15)5-7-18(24)22-17/h3-4,6,12-14H,1,5,7-11H2,2H3,(H,21,26)(H,22,24). The zero-order valence-electron chi connectivity index (χ0n) is 15.1. The van der Waals surface area contributed by atoms with E-state index in [-0.39, 0.29) is 29.7 Å². The number of anilines is 1. The molecule has 1 unspecified atom stereocenters. The van der Waals surface area contributed by atoms with E-state index >= 15 is 0 Å². The van der Waals surface area contributed by atoms with Gasteiger partial charge in [-0.25, -0.2) is 0 Å². The summed E-state index contributed by atoms with van der Waals surface area (Å²) >= 11 is 0. The van der Waals surface area contributed by atoms with Crippen molar-refractivity contribution in [1.29, 1.82) is 0 Å². The Balaban J connectivity index is 1.57. The molecule has 3 rings (SSSR count). The second kappa shape index (κ2) is 7.72. The fourth-order valence-electron chi connectivity index (χ4n) is 3.58. The van der Waals surface area contributed by atoms with Crippen LogP contribution in [0.4, 0.5) is 5.69 Å². The number of nitrogens with zero attached hydrogens (tertiary/aromatic N) is 1. The van der Waals surface area contributed by atoms with Gasteiger partial charge in [0, 0.05) is 31.1 Å². The number of amides is 3. The van der Waals surface area contributed by atoms with Gasteiger partial charge in [0.25, 0.3) is 0 Å². The maximum Gasteiger partial charge on any atom is 0.245 e. The predicted molar refractivity (Wildman–Crippen MR) is 99.5 cm³/mol. The largest absolute Gasteiger partial charge is 0.349 e. The van der Waals surface area contributed by atoms with Crippen LogP contribution >= 0.6 is 0 Å². The van der Waals surface area contributed by atoms with Crippen LogP contribution in [-0.2, 0) is 20.8 Å². The van der Waals surface area contributed by atoms with Gasteiger partial charge in [-0.2, -0.15) is 0 Å². The molecule has 0 spiro atoms. The second-order valence-electron chi connectivity index (χ2n) is 7.00. The number of piperidine rings is 1. The third kappa shape index (κ3) is 3.95. The van der Waals surface area contributed by atoms with Crippen LogP contribution in [0.1, 0.15) is 43.4 Å². The van der Waals surface area contributed by atoms with Crippen molar-refractivity contribution >= 4 is 23.4 Å². The average molecular weight is 355 g/mol. The van der Waals surface area contributed by atoms with Crippen LogP contribution in [0.25, 0.3) is 0 Å². The topological polar surface area (TPSA) is 78.5 Å². The van der Waals surface area contributed by atoms with Crippen molar-refractivity contribution in [3.63, 3.8) is 0 Å². The number of hydrogen-bond donors (Lipinski definition) is 2. The average Bonchev–Trinajstić information content (AvgIpc) is 2.66. The Labute approximate surface area is 153 Å². The number of benzene rings is 1. The first kappa shape index (κ1) is 18.2. The molecule has 6 nitrogen and oxygen atoms in total. The van der Waals surface area contributed by atoms with Crippen molar-refractivity contribution in [2.45, 2.75) is 38.6 Å². The van der Waals surface area contributed by atoms with Gasteiger partial charge < -0.3 is 15.5 Å². The van der Waals surface area contributed by atoms with Crippen molar-refractivity contribution in [3.05, 3.63) is 42.0 Å². The molecule has 0 saturated carbocycles. The molecule has 1 fully saturated rings. The van der Waals surface area contributed by atoms with Gasteiger partial charge >= 0.3 is 0 Å². The Bertz CT molecular complexity index is 736. The van der Waals surface area contributed by atoms with Gasteiger partial charge in [-0.1, -0.05) is 18.7 Å². The van der Waals surface area contributed by atoms with Crippen LogP contribution in [0.5, 0.6) is 0 Å².